The standard InChI is InChI=1S/C13H13BrN2O3/c14-9-1-2-10-11(7-9)16(13(18)12(10)17)8-15-3-5-19-6-4-15/h1-2,7H,3-6,8H2. The summed E-state index contributed by atoms with van der Waals surface area (Å²) in [6.45, 7) is 3.34. The van der Waals surface area contributed by atoms with Crippen LogP contribution in [-0.4, -0.2) is 49.6 Å². The van der Waals surface area contributed by atoms with E-state index in [1.165, 1.54) is 0 Å². The number of ether oxygens (including phenoxy) is 1. The molecule has 1 fully saturated rings. The lowest BCUT2D eigenvalue weighted by Crippen LogP contribution is -2.45. The molecule has 0 saturated carbocycles. The lowest BCUT2D eigenvalue weighted by atomic mass is 10.1. The third kappa shape index (κ3) is 2.31. The molecule has 0 aliphatic carbocycles. The number of benzene rings is 1. The smallest absolute Gasteiger partial charge is 0.300 e. The van der Waals surface area contributed by atoms with Crippen molar-refractivity contribution in [3.8, 4) is 0 Å². The van der Waals surface area contributed by atoms with E-state index in [4.69, 9.17) is 4.74 Å². The average Bonchev–Trinajstić information content (AvgIpc) is 2.65. The van der Waals surface area contributed by atoms with Gasteiger partial charge in [-0.15, -0.1) is 0 Å². The second-order valence-electron chi connectivity index (χ2n) is 4.60. The quantitative estimate of drug-likeness (QED) is 0.769. The summed E-state index contributed by atoms with van der Waals surface area (Å²) < 4.78 is 6.14. The van der Waals surface area contributed by atoms with Crippen LogP contribution in [0, 0.1) is 0 Å². The van der Waals surface area contributed by atoms with E-state index in [-0.39, 0.29) is 0 Å². The van der Waals surface area contributed by atoms with Crippen LogP contribution in [0.5, 0.6) is 0 Å². The number of hydrogen-bond acceptors (Lipinski definition) is 4. The number of carbonyl (C=O) groups is 2. The van der Waals surface area contributed by atoms with E-state index < -0.39 is 11.7 Å². The molecule has 0 radical (unpaired) electrons. The zero-order valence-corrected chi connectivity index (χ0v) is 11.9. The van der Waals surface area contributed by atoms with Crippen LogP contribution in [0.1, 0.15) is 10.4 Å². The molecule has 2 aliphatic heterocycles. The first-order chi connectivity index (χ1) is 9.16. The van der Waals surface area contributed by atoms with Crippen molar-refractivity contribution in [1.29, 1.82) is 0 Å². The summed E-state index contributed by atoms with van der Waals surface area (Å²) in [5.41, 5.74) is 1.18. The van der Waals surface area contributed by atoms with Crippen LogP contribution in [0.4, 0.5) is 5.69 Å². The molecular formula is C13H13BrN2O3. The summed E-state index contributed by atoms with van der Waals surface area (Å²) in [6, 6.07) is 5.29. The number of anilines is 1. The Morgan fingerprint density at radius 3 is 2.68 bits per heavy atom. The maximum atomic E-state index is 12.1. The largest absolute Gasteiger partial charge is 0.379 e. The fourth-order valence-corrected chi connectivity index (χ4v) is 2.70. The molecule has 1 saturated heterocycles. The van der Waals surface area contributed by atoms with E-state index in [0.29, 0.717) is 31.1 Å². The zero-order valence-electron chi connectivity index (χ0n) is 10.3. The number of morpholine rings is 1. The molecule has 2 aliphatic rings. The highest BCUT2D eigenvalue weighted by molar-refractivity contribution is 9.10. The molecule has 6 heteroatoms. The monoisotopic (exact) mass is 324 g/mol. The van der Waals surface area contributed by atoms with Crippen molar-refractivity contribution >= 4 is 33.3 Å². The Balaban J connectivity index is 1.87. The molecule has 19 heavy (non-hydrogen) atoms. The summed E-state index contributed by atoms with van der Waals surface area (Å²) in [6.07, 6.45) is 0. The number of fused-ring (bicyclic) bond motifs is 1. The fourth-order valence-electron chi connectivity index (χ4n) is 2.35. The van der Waals surface area contributed by atoms with Gasteiger partial charge in [-0.2, -0.15) is 0 Å². The summed E-state index contributed by atoms with van der Waals surface area (Å²) >= 11 is 3.37. The third-order valence-corrected chi connectivity index (χ3v) is 3.87. The summed E-state index contributed by atoms with van der Waals surface area (Å²) in [4.78, 5) is 27.6. The Kier molecular flexibility index (Phi) is 3.38. The van der Waals surface area contributed by atoms with Crippen molar-refractivity contribution in [3.63, 3.8) is 0 Å². The number of rotatable bonds is 2. The molecule has 0 N–H and O–H groups in total. The topological polar surface area (TPSA) is 49.9 Å². The maximum Gasteiger partial charge on any atom is 0.300 e. The minimum atomic E-state index is -0.445. The van der Waals surface area contributed by atoms with Crippen LogP contribution in [0.3, 0.4) is 0 Å². The van der Waals surface area contributed by atoms with E-state index in [1.807, 2.05) is 6.07 Å². The molecule has 0 atom stereocenters. The van der Waals surface area contributed by atoms with Gasteiger partial charge in [0.25, 0.3) is 5.78 Å². The molecule has 0 unspecified atom stereocenters. The lowest BCUT2D eigenvalue weighted by molar-refractivity contribution is -0.114. The van der Waals surface area contributed by atoms with E-state index in [0.717, 1.165) is 17.6 Å². The predicted molar refractivity (Wildman–Crippen MR) is 73.2 cm³/mol. The highest BCUT2D eigenvalue weighted by atomic mass is 79.9. The van der Waals surface area contributed by atoms with Crippen molar-refractivity contribution in [1.82, 2.24) is 4.90 Å². The molecule has 5 nitrogen and oxygen atoms in total. The second-order valence-corrected chi connectivity index (χ2v) is 5.51. The predicted octanol–water partition coefficient (Wildman–Crippen LogP) is 1.27. The number of carbonyl (C=O) groups excluding carboxylic acids is 2. The minimum absolute atomic E-state index is 0.421. The van der Waals surface area contributed by atoms with E-state index >= 15 is 0 Å². The normalized spacial score (nSPS) is 19.9. The van der Waals surface area contributed by atoms with Crippen LogP contribution in [0.25, 0.3) is 0 Å². The Bertz CT molecular complexity index is 541. The highest BCUT2D eigenvalue weighted by Crippen LogP contribution is 2.31. The van der Waals surface area contributed by atoms with Crippen molar-refractivity contribution in [2.45, 2.75) is 0 Å². The van der Waals surface area contributed by atoms with Crippen LogP contribution in [0.15, 0.2) is 22.7 Å². The van der Waals surface area contributed by atoms with Gasteiger partial charge < -0.3 is 4.74 Å². The number of halogens is 1. The van der Waals surface area contributed by atoms with Gasteiger partial charge in [-0.3, -0.25) is 19.4 Å². The Morgan fingerprint density at radius 2 is 1.95 bits per heavy atom. The molecule has 3 rings (SSSR count). The molecule has 0 bridgehead atoms. The number of ketones is 1. The Hall–Kier alpha value is -1.24. The van der Waals surface area contributed by atoms with Gasteiger partial charge in [-0.25, -0.2) is 0 Å². The van der Waals surface area contributed by atoms with Gasteiger partial charge >= 0.3 is 5.91 Å². The number of nitrogens with zero attached hydrogens (tertiary/aromatic N) is 2. The molecule has 0 aromatic heterocycles. The first-order valence-electron chi connectivity index (χ1n) is 6.12. The first-order valence-corrected chi connectivity index (χ1v) is 6.92. The molecule has 1 aromatic carbocycles. The van der Waals surface area contributed by atoms with Gasteiger partial charge in [0.2, 0.25) is 0 Å². The van der Waals surface area contributed by atoms with Crippen molar-refractivity contribution in [2.75, 3.05) is 37.9 Å². The molecule has 100 valence electrons. The second kappa shape index (κ2) is 5.03. The summed E-state index contributed by atoms with van der Waals surface area (Å²) in [7, 11) is 0. The molecule has 1 amide bonds. The number of amides is 1. The SMILES string of the molecule is O=C1C(=O)N(CN2CCOCC2)c2cc(Br)ccc21. The number of hydrogen-bond donors (Lipinski definition) is 0. The number of Topliss-reactive ketones (excluding diaryl/α,β-unsaturated/α-hetero) is 1. The molecule has 1 aromatic rings. The first kappa shape index (κ1) is 12.8. The summed E-state index contributed by atoms with van der Waals surface area (Å²) in [5, 5.41) is 0. The lowest BCUT2D eigenvalue weighted by Gasteiger charge is -2.30. The fraction of sp³-hybridized carbons (Fsp3) is 0.385. The Morgan fingerprint density at radius 1 is 1.21 bits per heavy atom. The van der Waals surface area contributed by atoms with Crippen LogP contribution >= 0.6 is 15.9 Å². The summed E-state index contributed by atoms with van der Waals surface area (Å²) in [5.74, 6) is -0.865. The van der Waals surface area contributed by atoms with E-state index in [9.17, 15) is 9.59 Å². The van der Waals surface area contributed by atoms with Gasteiger partial charge in [-0.1, -0.05) is 15.9 Å². The zero-order chi connectivity index (χ0) is 13.4. The minimum Gasteiger partial charge on any atom is -0.379 e. The molecule has 2 heterocycles. The van der Waals surface area contributed by atoms with Crippen LogP contribution in [-0.2, 0) is 9.53 Å². The molecule has 0 spiro atoms. The van der Waals surface area contributed by atoms with Gasteiger partial charge in [0.05, 0.1) is 31.1 Å². The van der Waals surface area contributed by atoms with Crippen LogP contribution < -0.4 is 4.90 Å². The van der Waals surface area contributed by atoms with Gasteiger partial charge in [0, 0.05) is 17.6 Å². The van der Waals surface area contributed by atoms with Gasteiger partial charge in [0.1, 0.15) is 0 Å². The maximum absolute atomic E-state index is 12.1. The average molecular weight is 325 g/mol. The Labute approximate surface area is 119 Å². The van der Waals surface area contributed by atoms with Crippen molar-refractivity contribution in [2.24, 2.45) is 0 Å². The van der Waals surface area contributed by atoms with Crippen LogP contribution in [0.2, 0.25) is 0 Å². The van der Waals surface area contributed by atoms with Gasteiger partial charge in [0.15, 0.2) is 0 Å². The molecular weight excluding hydrogens is 312 g/mol. The van der Waals surface area contributed by atoms with E-state index in [2.05, 4.69) is 20.8 Å². The third-order valence-electron chi connectivity index (χ3n) is 3.38. The van der Waals surface area contributed by atoms with Crippen molar-refractivity contribution < 1.29 is 14.3 Å². The van der Waals surface area contributed by atoms with E-state index in [1.54, 1.807) is 17.0 Å². The van der Waals surface area contributed by atoms with Gasteiger partial charge in [-0.05, 0) is 18.2 Å². The highest BCUT2D eigenvalue weighted by Gasteiger charge is 2.36. The van der Waals surface area contributed by atoms with Crippen molar-refractivity contribution in [3.05, 3.63) is 28.2 Å².